The van der Waals surface area contributed by atoms with Crippen LogP contribution in [-0.2, 0) is 0 Å². The number of fused-ring (bicyclic) bond motifs is 1. The summed E-state index contributed by atoms with van der Waals surface area (Å²) in [4.78, 5) is 20.7. The Balaban J connectivity index is 2.01. The number of hydrogen-bond acceptors (Lipinski definition) is 5. The van der Waals surface area contributed by atoms with Crippen LogP contribution in [0.5, 0.6) is 5.75 Å². The fourth-order valence-corrected chi connectivity index (χ4v) is 2.63. The van der Waals surface area contributed by atoms with E-state index < -0.39 is 5.69 Å². The molecule has 4 rings (SSSR count). The molecule has 2 N–H and O–H groups in total. The molecule has 0 spiro atoms. The minimum absolute atomic E-state index is 0.223. The smallest absolute Gasteiger partial charge is 0.354 e. The SMILES string of the molecule is Cc1ncccc1-n1c(=O)nc(N)c2ccc(OC3CC3)cc21. The van der Waals surface area contributed by atoms with E-state index >= 15 is 0 Å². The molecule has 1 aliphatic carbocycles. The van der Waals surface area contributed by atoms with Crippen LogP contribution in [0.4, 0.5) is 5.82 Å². The van der Waals surface area contributed by atoms with E-state index in [4.69, 9.17) is 10.5 Å². The lowest BCUT2D eigenvalue weighted by atomic mass is 10.2. The summed E-state index contributed by atoms with van der Waals surface area (Å²) >= 11 is 0. The van der Waals surface area contributed by atoms with Gasteiger partial charge in [-0.15, -0.1) is 0 Å². The first-order valence-electron chi connectivity index (χ1n) is 7.54. The summed E-state index contributed by atoms with van der Waals surface area (Å²) in [7, 11) is 0. The molecule has 1 aromatic carbocycles. The van der Waals surface area contributed by atoms with Crippen molar-refractivity contribution in [3.63, 3.8) is 0 Å². The fraction of sp³-hybridized carbons (Fsp3) is 0.235. The van der Waals surface area contributed by atoms with Gasteiger partial charge in [-0.2, -0.15) is 4.98 Å². The zero-order valence-corrected chi connectivity index (χ0v) is 12.7. The summed E-state index contributed by atoms with van der Waals surface area (Å²) in [6, 6.07) is 9.19. The first kappa shape index (κ1) is 13.8. The van der Waals surface area contributed by atoms with Crippen molar-refractivity contribution in [1.82, 2.24) is 14.5 Å². The quantitative estimate of drug-likeness (QED) is 0.802. The van der Waals surface area contributed by atoms with Gasteiger partial charge < -0.3 is 10.5 Å². The highest BCUT2D eigenvalue weighted by Gasteiger charge is 2.24. The van der Waals surface area contributed by atoms with Crippen molar-refractivity contribution in [2.24, 2.45) is 0 Å². The Bertz CT molecular complexity index is 960. The zero-order valence-electron chi connectivity index (χ0n) is 12.7. The maximum absolute atomic E-state index is 12.5. The molecule has 0 unspecified atom stereocenters. The van der Waals surface area contributed by atoms with Crippen molar-refractivity contribution in [2.75, 3.05) is 5.73 Å². The lowest BCUT2D eigenvalue weighted by Gasteiger charge is -2.14. The third kappa shape index (κ3) is 2.42. The Morgan fingerprint density at radius 2 is 2.13 bits per heavy atom. The molecule has 3 aromatic rings. The lowest BCUT2D eigenvalue weighted by molar-refractivity contribution is 0.303. The predicted octanol–water partition coefficient (Wildman–Crippen LogP) is 2.21. The van der Waals surface area contributed by atoms with Crippen molar-refractivity contribution in [3.05, 3.63) is 52.7 Å². The molecule has 2 heterocycles. The topological polar surface area (TPSA) is 83.0 Å². The number of rotatable bonds is 3. The minimum atomic E-state index is -0.422. The second-order valence-corrected chi connectivity index (χ2v) is 5.72. The maximum Gasteiger partial charge on any atom is 0.354 e. The van der Waals surface area contributed by atoms with Gasteiger partial charge in [0.1, 0.15) is 11.6 Å². The lowest BCUT2D eigenvalue weighted by Crippen LogP contribution is -2.24. The van der Waals surface area contributed by atoms with E-state index in [-0.39, 0.29) is 11.9 Å². The largest absolute Gasteiger partial charge is 0.490 e. The van der Waals surface area contributed by atoms with Gasteiger partial charge in [-0.05, 0) is 44.0 Å². The standard InChI is InChI=1S/C17H16N4O2/c1-10-14(3-2-8-19-10)21-15-9-12(23-11-4-5-11)6-7-13(15)16(18)20-17(21)22/h2-3,6-9,11H,4-5H2,1H3,(H2,18,20,22). The molecule has 1 saturated carbocycles. The summed E-state index contributed by atoms with van der Waals surface area (Å²) in [5.74, 6) is 0.959. The van der Waals surface area contributed by atoms with Crippen LogP contribution in [0.25, 0.3) is 16.6 Å². The molecule has 0 bridgehead atoms. The Hall–Kier alpha value is -2.89. The molecule has 0 saturated heterocycles. The van der Waals surface area contributed by atoms with Crippen molar-refractivity contribution < 1.29 is 4.74 Å². The van der Waals surface area contributed by atoms with E-state index in [9.17, 15) is 4.79 Å². The molecule has 6 nitrogen and oxygen atoms in total. The molecule has 1 aliphatic rings. The molecule has 6 heteroatoms. The molecule has 1 fully saturated rings. The number of nitrogen functional groups attached to an aromatic ring is 1. The van der Waals surface area contributed by atoms with Gasteiger partial charge in [0.2, 0.25) is 0 Å². The molecule has 0 radical (unpaired) electrons. The van der Waals surface area contributed by atoms with Crippen LogP contribution >= 0.6 is 0 Å². The van der Waals surface area contributed by atoms with Crippen molar-refractivity contribution in [1.29, 1.82) is 0 Å². The first-order chi connectivity index (χ1) is 11.1. The van der Waals surface area contributed by atoms with E-state index in [1.165, 1.54) is 4.57 Å². The van der Waals surface area contributed by atoms with Crippen molar-refractivity contribution in [3.8, 4) is 11.4 Å². The molecule has 116 valence electrons. The number of nitrogens with zero attached hydrogens (tertiary/aromatic N) is 3. The third-order valence-electron chi connectivity index (χ3n) is 3.94. The van der Waals surface area contributed by atoms with E-state index in [0.717, 1.165) is 29.7 Å². The molecule has 0 amide bonds. The average molecular weight is 308 g/mol. The molecule has 0 atom stereocenters. The summed E-state index contributed by atoms with van der Waals surface area (Å²) in [5, 5.41) is 0.719. The molecule has 23 heavy (non-hydrogen) atoms. The first-order valence-corrected chi connectivity index (χ1v) is 7.54. The minimum Gasteiger partial charge on any atom is -0.490 e. The second-order valence-electron chi connectivity index (χ2n) is 5.72. The Labute approximate surface area is 132 Å². The van der Waals surface area contributed by atoms with Gasteiger partial charge in [0.15, 0.2) is 0 Å². The number of ether oxygens (including phenoxy) is 1. The van der Waals surface area contributed by atoms with Crippen LogP contribution < -0.4 is 16.2 Å². The highest BCUT2D eigenvalue weighted by molar-refractivity contribution is 5.90. The van der Waals surface area contributed by atoms with Crippen LogP contribution in [0.3, 0.4) is 0 Å². The number of pyridine rings is 1. The van der Waals surface area contributed by atoms with E-state index in [2.05, 4.69) is 9.97 Å². The number of benzene rings is 1. The third-order valence-corrected chi connectivity index (χ3v) is 3.94. The van der Waals surface area contributed by atoms with Crippen LogP contribution in [-0.4, -0.2) is 20.6 Å². The second kappa shape index (κ2) is 5.08. The van der Waals surface area contributed by atoms with Crippen LogP contribution in [0, 0.1) is 6.92 Å². The van der Waals surface area contributed by atoms with Gasteiger partial charge in [-0.1, -0.05) is 0 Å². The summed E-state index contributed by atoms with van der Waals surface area (Å²) in [6.45, 7) is 1.86. The van der Waals surface area contributed by atoms with Crippen LogP contribution in [0.1, 0.15) is 18.5 Å². The Kier molecular flexibility index (Phi) is 3.04. The van der Waals surface area contributed by atoms with Crippen LogP contribution in [0.15, 0.2) is 41.3 Å². The van der Waals surface area contributed by atoms with Crippen molar-refractivity contribution in [2.45, 2.75) is 25.9 Å². The Morgan fingerprint density at radius 3 is 2.87 bits per heavy atom. The van der Waals surface area contributed by atoms with Gasteiger partial charge in [0.25, 0.3) is 0 Å². The van der Waals surface area contributed by atoms with Gasteiger partial charge >= 0.3 is 5.69 Å². The van der Waals surface area contributed by atoms with Crippen LogP contribution in [0.2, 0.25) is 0 Å². The maximum atomic E-state index is 12.5. The van der Waals surface area contributed by atoms with Gasteiger partial charge in [0, 0.05) is 17.6 Å². The normalized spacial score (nSPS) is 14.1. The van der Waals surface area contributed by atoms with E-state index in [0.29, 0.717) is 11.2 Å². The molecule has 2 aromatic heterocycles. The predicted molar refractivity (Wildman–Crippen MR) is 87.9 cm³/mol. The van der Waals surface area contributed by atoms with Crippen molar-refractivity contribution >= 4 is 16.7 Å². The van der Waals surface area contributed by atoms with E-state index in [1.807, 2.05) is 31.2 Å². The monoisotopic (exact) mass is 308 g/mol. The molecule has 0 aliphatic heterocycles. The summed E-state index contributed by atoms with van der Waals surface area (Å²) in [6.07, 6.45) is 4.13. The summed E-state index contributed by atoms with van der Waals surface area (Å²) < 4.78 is 7.38. The number of anilines is 1. The van der Waals surface area contributed by atoms with Gasteiger partial charge in [0.05, 0.1) is 23.0 Å². The number of aryl methyl sites for hydroxylation is 1. The highest BCUT2D eigenvalue weighted by atomic mass is 16.5. The molecular formula is C17H16N4O2. The average Bonchev–Trinajstić information content (AvgIpc) is 3.33. The Morgan fingerprint density at radius 1 is 1.30 bits per heavy atom. The van der Waals surface area contributed by atoms with E-state index in [1.54, 1.807) is 12.3 Å². The highest BCUT2D eigenvalue weighted by Crippen LogP contribution is 2.30. The number of aromatic nitrogens is 3. The number of hydrogen-bond donors (Lipinski definition) is 1. The van der Waals surface area contributed by atoms with Gasteiger partial charge in [-0.3, -0.25) is 9.55 Å². The zero-order chi connectivity index (χ0) is 16.0. The van der Waals surface area contributed by atoms with Gasteiger partial charge in [-0.25, -0.2) is 4.79 Å². The number of nitrogens with two attached hydrogens (primary N) is 1. The summed E-state index contributed by atoms with van der Waals surface area (Å²) in [5.41, 5.74) is 7.62. The molecular weight excluding hydrogens is 292 g/mol. The fourth-order valence-electron chi connectivity index (χ4n) is 2.63.